The summed E-state index contributed by atoms with van der Waals surface area (Å²) in [4.78, 5) is 38.1. The fraction of sp³-hybridized carbons (Fsp3) is 0.455. The number of carbonyl (C=O) groups is 3. The van der Waals surface area contributed by atoms with Crippen molar-refractivity contribution in [3.05, 3.63) is 16.1 Å². The first kappa shape index (κ1) is 15.9. The number of carbonyl (C=O) groups excluding carboxylic acids is 2. The Bertz CT molecular complexity index is 502. The number of hydrogen-bond donors (Lipinski definition) is 4. The van der Waals surface area contributed by atoms with Gasteiger partial charge in [-0.2, -0.15) is 0 Å². The first-order valence-corrected chi connectivity index (χ1v) is 6.65. The molecule has 110 valence electrons. The Hall–Kier alpha value is -2.16. The van der Waals surface area contributed by atoms with E-state index in [1.165, 1.54) is 11.3 Å². The Morgan fingerprint density at radius 3 is 2.60 bits per heavy atom. The minimum absolute atomic E-state index is 0.268. The van der Waals surface area contributed by atoms with Gasteiger partial charge in [-0.05, 0) is 13.8 Å². The van der Waals surface area contributed by atoms with E-state index >= 15 is 0 Å². The lowest BCUT2D eigenvalue weighted by Gasteiger charge is -2.12. The van der Waals surface area contributed by atoms with E-state index in [0.717, 1.165) is 9.88 Å². The first-order chi connectivity index (χ1) is 9.38. The van der Waals surface area contributed by atoms with Gasteiger partial charge in [-0.25, -0.2) is 9.78 Å². The van der Waals surface area contributed by atoms with Gasteiger partial charge in [0.1, 0.15) is 11.6 Å². The third-order valence-corrected chi connectivity index (χ3v) is 3.30. The van der Waals surface area contributed by atoms with Crippen molar-refractivity contribution in [2.45, 2.75) is 19.9 Å². The van der Waals surface area contributed by atoms with Gasteiger partial charge in [0.15, 0.2) is 0 Å². The van der Waals surface area contributed by atoms with Crippen molar-refractivity contribution in [1.82, 2.24) is 20.9 Å². The molecule has 0 aliphatic carbocycles. The van der Waals surface area contributed by atoms with Crippen LogP contribution in [0.15, 0.2) is 6.20 Å². The van der Waals surface area contributed by atoms with E-state index in [1.807, 2.05) is 6.92 Å². The number of amides is 3. The predicted molar refractivity (Wildman–Crippen MR) is 72.4 cm³/mol. The summed E-state index contributed by atoms with van der Waals surface area (Å²) in [5.41, 5.74) is 0. The lowest BCUT2D eigenvalue weighted by Crippen LogP contribution is -2.43. The first-order valence-electron chi connectivity index (χ1n) is 5.83. The van der Waals surface area contributed by atoms with Crippen LogP contribution in [0.3, 0.4) is 0 Å². The third-order valence-electron chi connectivity index (χ3n) is 2.20. The van der Waals surface area contributed by atoms with Gasteiger partial charge in [0.25, 0.3) is 0 Å². The molecule has 1 aromatic heterocycles. The van der Waals surface area contributed by atoms with Gasteiger partial charge in [-0.3, -0.25) is 9.59 Å². The maximum atomic E-state index is 11.5. The van der Waals surface area contributed by atoms with Crippen LogP contribution in [0.25, 0.3) is 0 Å². The predicted octanol–water partition coefficient (Wildman–Crippen LogP) is 0.0125. The zero-order valence-electron chi connectivity index (χ0n) is 11.1. The Labute approximate surface area is 119 Å². The van der Waals surface area contributed by atoms with Gasteiger partial charge in [-0.15, -0.1) is 11.3 Å². The third kappa shape index (κ3) is 5.65. The van der Waals surface area contributed by atoms with Crippen molar-refractivity contribution < 1.29 is 19.5 Å². The van der Waals surface area contributed by atoms with Crippen LogP contribution in [0, 0.1) is 6.92 Å². The Kier molecular flexibility index (Phi) is 5.91. The molecule has 0 aliphatic rings. The molecular formula is C11H16N4O4S. The van der Waals surface area contributed by atoms with E-state index in [-0.39, 0.29) is 12.6 Å². The molecule has 0 fully saturated rings. The molecule has 8 nitrogen and oxygen atoms in total. The monoisotopic (exact) mass is 300 g/mol. The highest BCUT2D eigenvalue weighted by molar-refractivity contribution is 7.11. The summed E-state index contributed by atoms with van der Waals surface area (Å²) < 4.78 is 0. The topological polar surface area (TPSA) is 120 Å². The average Bonchev–Trinajstić information content (AvgIpc) is 2.80. The van der Waals surface area contributed by atoms with Crippen LogP contribution >= 0.6 is 11.3 Å². The van der Waals surface area contributed by atoms with E-state index in [9.17, 15) is 14.4 Å². The van der Waals surface area contributed by atoms with Crippen LogP contribution < -0.4 is 16.0 Å². The van der Waals surface area contributed by atoms with E-state index in [4.69, 9.17) is 5.11 Å². The molecule has 0 saturated carbocycles. The van der Waals surface area contributed by atoms with Crippen LogP contribution in [0.2, 0.25) is 0 Å². The summed E-state index contributed by atoms with van der Waals surface area (Å²) >= 11 is 1.48. The number of carboxylic acid groups (broad SMARTS) is 1. The fourth-order valence-corrected chi connectivity index (χ4v) is 2.06. The number of aromatic nitrogens is 1. The van der Waals surface area contributed by atoms with Crippen LogP contribution in [0.5, 0.6) is 0 Å². The van der Waals surface area contributed by atoms with Crippen molar-refractivity contribution in [1.29, 1.82) is 0 Å². The van der Waals surface area contributed by atoms with Crippen LogP contribution in [-0.4, -0.2) is 41.1 Å². The summed E-state index contributed by atoms with van der Waals surface area (Å²) in [6.45, 7) is 2.93. The van der Waals surface area contributed by atoms with Crippen molar-refractivity contribution >= 4 is 29.2 Å². The minimum atomic E-state index is -1.14. The molecule has 4 N–H and O–H groups in total. The molecule has 3 amide bonds. The maximum Gasteiger partial charge on any atom is 0.322 e. The van der Waals surface area contributed by atoms with Gasteiger partial charge < -0.3 is 21.1 Å². The molecule has 1 aromatic rings. The van der Waals surface area contributed by atoms with Gasteiger partial charge >= 0.3 is 12.0 Å². The Balaban J connectivity index is 2.29. The highest BCUT2D eigenvalue weighted by Gasteiger charge is 2.13. The summed E-state index contributed by atoms with van der Waals surface area (Å²) in [5.74, 6) is -1.71. The summed E-state index contributed by atoms with van der Waals surface area (Å²) in [6, 6.07) is -0.786. The number of urea groups is 1. The average molecular weight is 300 g/mol. The smallest absolute Gasteiger partial charge is 0.322 e. The standard InChI is InChI=1S/C11H16N4O4S/c1-6-3-13-10(20-6)7(2)15-11(19)14-4-8(16)12-5-9(17)18/h3,7H,4-5H2,1-2H3,(H,12,16)(H,17,18)(H2,14,15,19). The zero-order chi connectivity index (χ0) is 15.1. The molecule has 0 aromatic carbocycles. The van der Waals surface area contributed by atoms with Crippen LogP contribution in [-0.2, 0) is 9.59 Å². The molecule has 0 spiro atoms. The number of aliphatic carboxylic acids is 1. The molecule has 0 radical (unpaired) electrons. The number of aryl methyl sites for hydroxylation is 1. The highest BCUT2D eigenvalue weighted by Crippen LogP contribution is 2.18. The van der Waals surface area contributed by atoms with Crippen molar-refractivity contribution in [3.8, 4) is 0 Å². The van der Waals surface area contributed by atoms with E-state index in [0.29, 0.717) is 0 Å². The van der Waals surface area contributed by atoms with Crippen molar-refractivity contribution in [2.24, 2.45) is 0 Å². The van der Waals surface area contributed by atoms with Crippen LogP contribution in [0.4, 0.5) is 4.79 Å². The van der Waals surface area contributed by atoms with Crippen LogP contribution in [0.1, 0.15) is 22.9 Å². The highest BCUT2D eigenvalue weighted by atomic mass is 32.1. The van der Waals surface area contributed by atoms with Gasteiger partial charge in [0.2, 0.25) is 5.91 Å². The maximum absolute atomic E-state index is 11.5. The molecule has 9 heteroatoms. The Morgan fingerprint density at radius 2 is 2.05 bits per heavy atom. The Morgan fingerprint density at radius 1 is 1.35 bits per heavy atom. The molecule has 0 saturated heterocycles. The number of hydrogen-bond acceptors (Lipinski definition) is 5. The van der Waals surface area contributed by atoms with E-state index < -0.39 is 24.5 Å². The normalized spacial score (nSPS) is 11.5. The fourth-order valence-electron chi connectivity index (χ4n) is 1.28. The molecule has 20 heavy (non-hydrogen) atoms. The molecule has 1 rings (SSSR count). The van der Waals surface area contributed by atoms with Crippen molar-refractivity contribution in [3.63, 3.8) is 0 Å². The second kappa shape index (κ2) is 7.43. The lowest BCUT2D eigenvalue weighted by atomic mass is 10.3. The second-order valence-corrected chi connectivity index (χ2v) is 5.29. The summed E-state index contributed by atoms with van der Waals surface area (Å²) in [5, 5.41) is 16.2. The number of thiazole rings is 1. The number of carboxylic acids is 1. The quantitative estimate of drug-likeness (QED) is 0.590. The summed E-state index contributed by atoms with van der Waals surface area (Å²) in [7, 11) is 0. The molecular weight excluding hydrogens is 284 g/mol. The van der Waals surface area contributed by atoms with Gasteiger partial charge in [0, 0.05) is 11.1 Å². The van der Waals surface area contributed by atoms with E-state index in [2.05, 4.69) is 20.9 Å². The van der Waals surface area contributed by atoms with Gasteiger partial charge in [-0.1, -0.05) is 0 Å². The molecule has 1 unspecified atom stereocenters. The van der Waals surface area contributed by atoms with Gasteiger partial charge in [0.05, 0.1) is 12.6 Å². The lowest BCUT2D eigenvalue weighted by molar-refractivity contribution is -0.137. The zero-order valence-corrected chi connectivity index (χ0v) is 11.9. The number of nitrogens with one attached hydrogen (secondary N) is 3. The van der Waals surface area contributed by atoms with Crippen molar-refractivity contribution in [2.75, 3.05) is 13.1 Å². The largest absolute Gasteiger partial charge is 0.480 e. The molecule has 1 atom stereocenters. The number of rotatable bonds is 6. The minimum Gasteiger partial charge on any atom is -0.480 e. The molecule has 1 heterocycles. The number of nitrogens with zero attached hydrogens (tertiary/aromatic N) is 1. The molecule has 0 aliphatic heterocycles. The SMILES string of the molecule is Cc1cnc(C(C)NC(=O)NCC(=O)NCC(=O)O)s1. The molecule has 0 bridgehead atoms. The summed E-state index contributed by atoms with van der Waals surface area (Å²) in [6.07, 6.45) is 1.72. The second-order valence-electron chi connectivity index (χ2n) is 4.03. The van der Waals surface area contributed by atoms with E-state index in [1.54, 1.807) is 13.1 Å².